The maximum atomic E-state index is 5.57. The van der Waals surface area contributed by atoms with Crippen molar-refractivity contribution in [2.75, 3.05) is 19.6 Å². The predicted molar refractivity (Wildman–Crippen MR) is 67.8 cm³/mol. The van der Waals surface area contributed by atoms with Crippen LogP contribution in [0.2, 0.25) is 0 Å². The van der Waals surface area contributed by atoms with Gasteiger partial charge in [-0.2, -0.15) is 0 Å². The SMILES string of the molecule is CCC1C2CNCC2CN1C(C)c1ccco1. The van der Waals surface area contributed by atoms with Gasteiger partial charge in [0.2, 0.25) is 0 Å². The van der Waals surface area contributed by atoms with Gasteiger partial charge in [-0.05, 0) is 50.4 Å². The van der Waals surface area contributed by atoms with Gasteiger partial charge in [0, 0.05) is 12.6 Å². The van der Waals surface area contributed by atoms with Crippen molar-refractivity contribution in [1.82, 2.24) is 10.2 Å². The second-order valence-electron chi connectivity index (χ2n) is 5.45. The van der Waals surface area contributed by atoms with E-state index in [1.165, 1.54) is 26.1 Å². The smallest absolute Gasteiger partial charge is 0.120 e. The van der Waals surface area contributed by atoms with Crippen LogP contribution in [-0.2, 0) is 0 Å². The Balaban J connectivity index is 1.79. The van der Waals surface area contributed by atoms with Crippen molar-refractivity contribution in [3.8, 4) is 0 Å². The van der Waals surface area contributed by atoms with E-state index in [0.29, 0.717) is 6.04 Å². The van der Waals surface area contributed by atoms with Crippen LogP contribution in [0, 0.1) is 11.8 Å². The lowest BCUT2D eigenvalue weighted by atomic mass is 9.92. The first-order chi connectivity index (χ1) is 8.31. The zero-order valence-electron chi connectivity index (χ0n) is 10.7. The molecule has 0 saturated carbocycles. The molecule has 0 aliphatic carbocycles. The summed E-state index contributed by atoms with van der Waals surface area (Å²) in [5.74, 6) is 2.80. The summed E-state index contributed by atoms with van der Waals surface area (Å²) in [6.07, 6.45) is 3.03. The molecule has 3 heterocycles. The summed E-state index contributed by atoms with van der Waals surface area (Å²) in [7, 11) is 0. The number of likely N-dealkylation sites (tertiary alicyclic amines) is 1. The molecule has 1 aromatic rings. The van der Waals surface area contributed by atoms with Crippen molar-refractivity contribution in [3.05, 3.63) is 24.2 Å². The van der Waals surface area contributed by atoms with Crippen molar-refractivity contribution in [2.24, 2.45) is 11.8 Å². The third-order valence-electron chi connectivity index (χ3n) is 4.63. The molecular formula is C14H22N2O. The Labute approximate surface area is 103 Å². The topological polar surface area (TPSA) is 28.4 Å². The molecule has 1 aromatic heterocycles. The van der Waals surface area contributed by atoms with Crippen molar-refractivity contribution < 1.29 is 4.42 Å². The minimum atomic E-state index is 0.417. The third kappa shape index (κ3) is 1.81. The molecule has 1 N–H and O–H groups in total. The van der Waals surface area contributed by atoms with Crippen LogP contribution in [0.5, 0.6) is 0 Å². The van der Waals surface area contributed by atoms with Gasteiger partial charge < -0.3 is 9.73 Å². The zero-order valence-corrected chi connectivity index (χ0v) is 10.7. The van der Waals surface area contributed by atoms with Gasteiger partial charge >= 0.3 is 0 Å². The Hall–Kier alpha value is -0.800. The van der Waals surface area contributed by atoms with E-state index in [1.54, 1.807) is 6.26 Å². The molecule has 2 aliphatic rings. The normalized spacial score (nSPS) is 35.1. The number of hydrogen-bond acceptors (Lipinski definition) is 3. The molecule has 0 radical (unpaired) electrons. The molecule has 0 amide bonds. The van der Waals surface area contributed by atoms with Crippen molar-refractivity contribution >= 4 is 0 Å². The molecule has 2 fully saturated rings. The molecule has 94 valence electrons. The van der Waals surface area contributed by atoms with E-state index in [1.807, 2.05) is 6.07 Å². The summed E-state index contributed by atoms with van der Waals surface area (Å²) in [5, 5.41) is 3.53. The van der Waals surface area contributed by atoms with Gasteiger partial charge in [-0.3, -0.25) is 4.90 Å². The van der Waals surface area contributed by atoms with Gasteiger partial charge in [-0.15, -0.1) is 0 Å². The number of hydrogen-bond donors (Lipinski definition) is 1. The minimum absolute atomic E-state index is 0.417. The fourth-order valence-electron chi connectivity index (χ4n) is 3.73. The largest absolute Gasteiger partial charge is 0.468 e. The van der Waals surface area contributed by atoms with Crippen LogP contribution in [0.15, 0.2) is 22.8 Å². The van der Waals surface area contributed by atoms with Gasteiger partial charge in [0.15, 0.2) is 0 Å². The van der Waals surface area contributed by atoms with Gasteiger partial charge in [-0.25, -0.2) is 0 Å². The Morgan fingerprint density at radius 2 is 2.41 bits per heavy atom. The summed E-state index contributed by atoms with van der Waals surface area (Å²) in [6.45, 7) is 8.20. The monoisotopic (exact) mass is 234 g/mol. The van der Waals surface area contributed by atoms with Crippen LogP contribution >= 0.6 is 0 Å². The Bertz CT molecular complexity index is 362. The van der Waals surface area contributed by atoms with Crippen LogP contribution in [0.3, 0.4) is 0 Å². The van der Waals surface area contributed by atoms with Crippen LogP contribution in [0.1, 0.15) is 32.1 Å². The Morgan fingerprint density at radius 3 is 3.12 bits per heavy atom. The second kappa shape index (κ2) is 4.46. The first kappa shape index (κ1) is 11.3. The highest BCUT2D eigenvalue weighted by atomic mass is 16.3. The van der Waals surface area contributed by atoms with E-state index in [-0.39, 0.29) is 0 Å². The van der Waals surface area contributed by atoms with Crippen molar-refractivity contribution in [2.45, 2.75) is 32.4 Å². The molecule has 0 aromatic carbocycles. The Kier molecular flexibility index (Phi) is 2.97. The number of rotatable bonds is 3. The molecule has 2 saturated heterocycles. The van der Waals surface area contributed by atoms with E-state index < -0.39 is 0 Å². The molecule has 3 rings (SSSR count). The van der Waals surface area contributed by atoms with E-state index in [2.05, 4.69) is 30.1 Å². The molecule has 0 spiro atoms. The quantitative estimate of drug-likeness (QED) is 0.869. The number of fused-ring (bicyclic) bond motifs is 1. The summed E-state index contributed by atoms with van der Waals surface area (Å²) >= 11 is 0. The van der Waals surface area contributed by atoms with Crippen LogP contribution in [0.4, 0.5) is 0 Å². The fraction of sp³-hybridized carbons (Fsp3) is 0.714. The number of furan rings is 1. The van der Waals surface area contributed by atoms with Crippen LogP contribution in [-0.4, -0.2) is 30.6 Å². The van der Waals surface area contributed by atoms with Gasteiger partial charge in [0.05, 0.1) is 12.3 Å². The molecule has 2 aliphatic heterocycles. The average Bonchev–Trinajstić information content (AvgIpc) is 3.03. The molecule has 17 heavy (non-hydrogen) atoms. The maximum Gasteiger partial charge on any atom is 0.120 e. The lowest BCUT2D eigenvalue weighted by Crippen LogP contribution is -2.36. The van der Waals surface area contributed by atoms with Crippen molar-refractivity contribution in [3.63, 3.8) is 0 Å². The van der Waals surface area contributed by atoms with E-state index in [0.717, 1.165) is 23.6 Å². The molecule has 3 nitrogen and oxygen atoms in total. The molecule has 4 unspecified atom stereocenters. The van der Waals surface area contributed by atoms with Crippen LogP contribution in [0.25, 0.3) is 0 Å². The van der Waals surface area contributed by atoms with Gasteiger partial charge in [0.1, 0.15) is 5.76 Å². The third-order valence-corrected chi connectivity index (χ3v) is 4.63. The Morgan fingerprint density at radius 1 is 1.53 bits per heavy atom. The predicted octanol–water partition coefficient (Wildman–Crippen LogP) is 2.27. The van der Waals surface area contributed by atoms with Gasteiger partial charge in [0.25, 0.3) is 0 Å². The van der Waals surface area contributed by atoms with E-state index in [4.69, 9.17) is 4.42 Å². The van der Waals surface area contributed by atoms with Crippen molar-refractivity contribution in [1.29, 1.82) is 0 Å². The first-order valence-corrected chi connectivity index (χ1v) is 6.81. The molecular weight excluding hydrogens is 212 g/mol. The van der Waals surface area contributed by atoms with Crippen LogP contribution < -0.4 is 5.32 Å². The maximum absolute atomic E-state index is 5.57. The summed E-state index contributed by atoms with van der Waals surface area (Å²) in [6, 6.07) is 5.23. The first-order valence-electron chi connectivity index (χ1n) is 6.81. The number of nitrogens with one attached hydrogen (secondary N) is 1. The molecule has 4 atom stereocenters. The standard InChI is InChI=1S/C14H22N2O/c1-3-13-12-8-15-7-11(12)9-16(13)10(2)14-5-4-6-17-14/h4-6,10-13,15H,3,7-9H2,1-2H3. The van der Waals surface area contributed by atoms with E-state index >= 15 is 0 Å². The lowest BCUT2D eigenvalue weighted by molar-refractivity contribution is 0.148. The summed E-state index contributed by atoms with van der Waals surface area (Å²) in [5.41, 5.74) is 0. The summed E-state index contributed by atoms with van der Waals surface area (Å²) in [4.78, 5) is 2.65. The summed E-state index contributed by atoms with van der Waals surface area (Å²) < 4.78 is 5.57. The molecule has 0 bridgehead atoms. The fourth-order valence-corrected chi connectivity index (χ4v) is 3.73. The zero-order chi connectivity index (χ0) is 11.8. The minimum Gasteiger partial charge on any atom is -0.468 e. The molecule has 3 heteroatoms. The second-order valence-corrected chi connectivity index (χ2v) is 5.45. The number of nitrogens with zero attached hydrogens (tertiary/aromatic N) is 1. The highest BCUT2D eigenvalue weighted by Gasteiger charge is 2.45. The van der Waals surface area contributed by atoms with Gasteiger partial charge in [-0.1, -0.05) is 6.92 Å². The van der Waals surface area contributed by atoms with E-state index in [9.17, 15) is 0 Å². The highest BCUT2D eigenvalue weighted by Crippen LogP contribution is 2.39. The average molecular weight is 234 g/mol. The lowest BCUT2D eigenvalue weighted by Gasteiger charge is -2.31. The highest BCUT2D eigenvalue weighted by molar-refractivity contribution is 5.08.